The number of carbonyl (C=O) groups excluding carboxylic acids is 4. The molecule has 4 rings (SSSR count). The third-order valence-corrected chi connectivity index (χ3v) is 5.85. The lowest BCUT2D eigenvalue weighted by molar-refractivity contribution is -0.119. The van der Waals surface area contributed by atoms with Gasteiger partial charge >= 0.3 is 5.97 Å². The van der Waals surface area contributed by atoms with Crippen molar-refractivity contribution in [2.24, 2.45) is 5.14 Å². The molecule has 0 aliphatic carbocycles. The van der Waals surface area contributed by atoms with Crippen LogP contribution >= 0.6 is 0 Å². The zero-order valence-corrected chi connectivity index (χ0v) is 18.2. The SMILES string of the molecule is NS(=O)(=O)c1cccc(NC(=O)COC(=O)c2ccc(N3C(=O)c4ccccc4C3=O)cc2)c1. The summed E-state index contributed by atoms with van der Waals surface area (Å²) in [5.74, 6) is -2.41. The highest BCUT2D eigenvalue weighted by Crippen LogP contribution is 2.28. The maximum atomic E-state index is 12.6. The van der Waals surface area contributed by atoms with Gasteiger partial charge in [-0.15, -0.1) is 0 Å². The van der Waals surface area contributed by atoms with E-state index < -0.39 is 40.3 Å². The largest absolute Gasteiger partial charge is 0.452 e. The van der Waals surface area contributed by atoms with E-state index >= 15 is 0 Å². The van der Waals surface area contributed by atoms with Gasteiger partial charge in [0.05, 0.1) is 27.3 Å². The minimum absolute atomic E-state index is 0.101. The van der Waals surface area contributed by atoms with Crippen LogP contribution in [0.2, 0.25) is 0 Å². The molecule has 10 nitrogen and oxygen atoms in total. The molecule has 3 amide bonds. The van der Waals surface area contributed by atoms with E-state index in [1.54, 1.807) is 24.3 Å². The lowest BCUT2D eigenvalue weighted by Crippen LogP contribution is -2.29. The molecule has 3 aromatic rings. The Labute approximate surface area is 194 Å². The second-order valence-corrected chi connectivity index (χ2v) is 8.80. The van der Waals surface area contributed by atoms with Crippen molar-refractivity contribution in [2.45, 2.75) is 4.90 Å². The summed E-state index contributed by atoms with van der Waals surface area (Å²) < 4.78 is 27.8. The number of nitrogens with zero attached hydrogens (tertiary/aromatic N) is 1. The Balaban J connectivity index is 1.37. The van der Waals surface area contributed by atoms with Crippen LogP contribution in [0.5, 0.6) is 0 Å². The number of ether oxygens (including phenoxy) is 1. The van der Waals surface area contributed by atoms with Gasteiger partial charge in [-0.05, 0) is 54.6 Å². The van der Waals surface area contributed by atoms with E-state index in [0.29, 0.717) is 11.1 Å². The van der Waals surface area contributed by atoms with Gasteiger partial charge in [-0.25, -0.2) is 23.3 Å². The number of nitrogens with one attached hydrogen (secondary N) is 1. The van der Waals surface area contributed by atoms with Gasteiger partial charge in [0.15, 0.2) is 6.61 Å². The molecule has 0 bridgehead atoms. The van der Waals surface area contributed by atoms with Crippen molar-refractivity contribution in [1.82, 2.24) is 0 Å². The summed E-state index contributed by atoms with van der Waals surface area (Å²) in [7, 11) is -3.94. The summed E-state index contributed by atoms with van der Waals surface area (Å²) in [6.45, 7) is -0.626. The van der Waals surface area contributed by atoms with Crippen LogP contribution in [0, 0.1) is 0 Å². The smallest absolute Gasteiger partial charge is 0.338 e. The van der Waals surface area contributed by atoms with E-state index in [2.05, 4.69) is 5.32 Å². The number of carbonyl (C=O) groups is 4. The fraction of sp³-hybridized carbons (Fsp3) is 0.0435. The minimum atomic E-state index is -3.94. The Morgan fingerprint density at radius 3 is 2.09 bits per heavy atom. The van der Waals surface area contributed by atoms with Crippen LogP contribution in [0.1, 0.15) is 31.1 Å². The molecular weight excluding hydrogens is 462 g/mol. The average molecular weight is 479 g/mol. The van der Waals surface area contributed by atoms with Gasteiger partial charge < -0.3 is 10.1 Å². The lowest BCUT2D eigenvalue weighted by Gasteiger charge is -2.14. The zero-order valence-electron chi connectivity index (χ0n) is 17.4. The normalized spacial score (nSPS) is 12.9. The molecule has 0 unspecified atom stereocenters. The number of amides is 3. The van der Waals surface area contributed by atoms with Crippen molar-refractivity contribution < 1.29 is 32.3 Å². The molecule has 172 valence electrons. The number of rotatable bonds is 6. The first kappa shape index (κ1) is 22.8. The number of primary sulfonamides is 1. The van der Waals surface area contributed by atoms with Gasteiger partial charge in [-0.2, -0.15) is 0 Å². The minimum Gasteiger partial charge on any atom is -0.452 e. The van der Waals surface area contributed by atoms with E-state index in [-0.39, 0.29) is 21.8 Å². The number of benzene rings is 3. The maximum absolute atomic E-state index is 12.6. The molecule has 0 radical (unpaired) electrons. The Bertz CT molecular complexity index is 1400. The van der Waals surface area contributed by atoms with Crippen LogP contribution in [0.25, 0.3) is 0 Å². The Kier molecular flexibility index (Phi) is 5.97. The van der Waals surface area contributed by atoms with E-state index in [9.17, 15) is 27.6 Å². The molecule has 0 saturated carbocycles. The molecule has 0 saturated heterocycles. The van der Waals surface area contributed by atoms with E-state index in [1.807, 2.05) is 0 Å². The number of sulfonamides is 1. The van der Waals surface area contributed by atoms with Gasteiger partial charge in [0.1, 0.15) is 0 Å². The van der Waals surface area contributed by atoms with Crippen LogP contribution in [-0.2, 0) is 19.6 Å². The van der Waals surface area contributed by atoms with Crippen LogP contribution in [0.3, 0.4) is 0 Å². The highest BCUT2D eigenvalue weighted by molar-refractivity contribution is 7.89. The second kappa shape index (κ2) is 8.89. The van der Waals surface area contributed by atoms with Crippen LogP contribution < -0.4 is 15.4 Å². The molecule has 11 heteroatoms. The van der Waals surface area contributed by atoms with Gasteiger partial charge in [0.25, 0.3) is 17.7 Å². The quantitative estimate of drug-likeness (QED) is 0.405. The Morgan fingerprint density at radius 2 is 1.50 bits per heavy atom. The summed E-state index contributed by atoms with van der Waals surface area (Å²) in [5, 5.41) is 7.47. The average Bonchev–Trinajstić information content (AvgIpc) is 3.07. The first-order valence-corrected chi connectivity index (χ1v) is 11.4. The highest BCUT2D eigenvalue weighted by Gasteiger charge is 2.36. The second-order valence-electron chi connectivity index (χ2n) is 7.24. The topological polar surface area (TPSA) is 153 Å². The van der Waals surface area contributed by atoms with E-state index in [0.717, 1.165) is 4.90 Å². The third-order valence-electron chi connectivity index (χ3n) is 4.94. The summed E-state index contributed by atoms with van der Waals surface area (Å²) in [4.78, 5) is 50.3. The first-order valence-electron chi connectivity index (χ1n) is 9.83. The fourth-order valence-corrected chi connectivity index (χ4v) is 3.89. The molecule has 34 heavy (non-hydrogen) atoms. The number of imide groups is 1. The molecule has 0 atom stereocenters. The van der Waals surface area contributed by atoms with Crippen molar-refractivity contribution in [3.63, 3.8) is 0 Å². The maximum Gasteiger partial charge on any atom is 0.338 e. The Hall–Kier alpha value is -4.35. The lowest BCUT2D eigenvalue weighted by atomic mass is 10.1. The van der Waals surface area contributed by atoms with Crippen LogP contribution in [0.4, 0.5) is 11.4 Å². The first-order chi connectivity index (χ1) is 16.1. The monoisotopic (exact) mass is 479 g/mol. The molecule has 0 fully saturated rings. The summed E-state index contributed by atoms with van der Waals surface area (Å²) in [5.41, 5.74) is 1.16. The van der Waals surface area contributed by atoms with Crippen molar-refractivity contribution in [1.29, 1.82) is 0 Å². The number of hydrogen-bond donors (Lipinski definition) is 2. The molecule has 3 aromatic carbocycles. The van der Waals surface area contributed by atoms with Gasteiger partial charge in [-0.1, -0.05) is 18.2 Å². The summed E-state index contributed by atoms with van der Waals surface area (Å²) in [6, 6.07) is 17.4. The van der Waals surface area contributed by atoms with Crippen molar-refractivity contribution in [3.8, 4) is 0 Å². The predicted octanol–water partition coefficient (Wildman–Crippen LogP) is 1.93. The summed E-state index contributed by atoms with van der Waals surface area (Å²) >= 11 is 0. The van der Waals surface area contributed by atoms with E-state index in [1.165, 1.54) is 48.5 Å². The van der Waals surface area contributed by atoms with Crippen LogP contribution in [-0.4, -0.2) is 38.7 Å². The molecule has 1 aliphatic heterocycles. The van der Waals surface area contributed by atoms with Gasteiger partial charge in [-0.3, -0.25) is 14.4 Å². The fourth-order valence-electron chi connectivity index (χ4n) is 3.33. The van der Waals surface area contributed by atoms with Gasteiger partial charge in [0, 0.05) is 5.69 Å². The van der Waals surface area contributed by atoms with Crippen molar-refractivity contribution >= 4 is 45.1 Å². The van der Waals surface area contributed by atoms with Crippen molar-refractivity contribution in [2.75, 3.05) is 16.8 Å². The molecule has 0 spiro atoms. The molecule has 0 aromatic heterocycles. The number of hydrogen-bond acceptors (Lipinski definition) is 7. The third kappa shape index (κ3) is 4.56. The van der Waals surface area contributed by atoms with Crippen molar-refractivity contribution in [3.05, 3.63) is 89.5 Å². The zero-order chi connectivity index (χ0) is 24.5. The number of esters is 1. The molecule has 3 N–H and O–H groups in total. The highest BCUT2D eigenvalue weighted by atomic mass is 32.2. The standard InChI is InChI=1S/C23H17N3O7S/c24-34(31,32)17-5-3-4-15(12-17)25-20(27)13-33-23(30)14-8-10-16(11-9-14)26-21(28)18-6-1-2-7-19(18)22(26)29/h1-12H,13H2,(H,25,27)(H2,24,31,32). The molecule has 1 aliphatic rings. The Morgan fingerprint density at radius 1 is 0.882 bits per heavy atom. The predicted molar refractivity (Wildman–Crippen MR) is 121 cm³/mol. The number of nitrogens with two attached hydrogens (primary N) is 1. The van der Waals surface area contributed by atoms with E-state index in [4.69, 9.17) is 9.88 Å². The summed E-state index contributed by atoms with van der Waals surface area (Å²) in [6.07, 6.45) is 0. The number of anilines is 2. The number of fused-ring (bicyclic) bond motifs is 1. The van der Waals surface area contributed by atoms with Crippen LogP contribution in [0.15, 0.2) is 77.7 Å². The molecule has 1 heterocycles. The molecular formula is C23H17N3O7S. The van der Waals surface area contributed by atoms with Gasteiger partial charge in [0.2, 0.25) is 10.0 Å².